The van der Waals surface area contributed by atoms with Gasteiger partial charge < -0.3 is 4.52 Å². The van der Waals surface area contributed by atoms with Gasteiger partial charge in [-0.05, 0) is 44.5 Å². The lowest BCUT2D eigenvalue weighted by molar-refractivity contribution is 0.141. The zero-order valence-electron chi connectivity index (χ0n) is 17.2. The Kier molecular flexibility index (Phi) is 5.07. The number of nitrogens with zero attached hydrogens (tertiary/aromatic N) is 5. The van der Waals surface area contributed by atoms with Crippen LogP contribution in [0.25, 0.3) is 22.2 Å². The van der Waals surface area contributed by atoms with Crippen molar-refractivity contribution in [2.45, 2.75) is 32.4 Å². The predicted octanol–water partition coefficient (Wildman–Crippen LogP) is 3.73. The van der Waals surface area contributed by atoms with Crippen LogP contribution in [0.2, 0.25) is 0 Å². The van der Waals surface area contributed by atoms with Gasteiger partial charge >= 0.3 is 0 Å². The van der Waals surface area contributed by atoms with Crippen molar-refractivity contribution >= 4 is 10.8 Å². The molecule has 0 spiro atoms. The van der Waals surface area contributed by atoms with Gasteiger partial charge in [-0.25, -0.2) is 9.07 Å². The maximum atomic E-state index is 13.5. The molecular weight excluding hydrogens is 397 g/mol. The summed E-state index contributed by atoms with van der Waals surface area (Å²) in [7, 11) is 0. The van der Waals surface area contributed by atoms with Crippen LogP contribution < -0.4 is 5.56 Å². The number of hydrogen-bond donors (Lipinski definition) is 0. The average Bonchev–Trinajstić information content (AvgIpc) is 3.28. The van der Waals surface area contributed by atoms with Crippen LogP contribution in [-0.4, -0.2) is 37.9 Å². The van der Waals surface area contributed by atoms with E-state index in [2.05, 4.69) is 20.1 Å². The van der Waals surface area contributed by atoms with Gasteiger partial charge in [-0.3, -0.25) is 9.69 Å². The Morgan fingerprint density at radius 2 is 2.00 bits per heavy atom. The van der Waals surface area contributed by atoms with Crippen LogP contribution in [0.4, 0.5) is 4.39 Å². The van der Waals surface area contributed by atoms with Crippen LogP contribution >= 0.6 is 0 Å². The smallest absolute Gasteiger partial charge is 0.275 e. The predicted molar refractivity (Wildman–Crippen MR) is 114 cm³/mol. The van der Waals surface area contributed by atoms with E-state index in [1.807, 2.05) is 31.2 Å². The van der Waals surface area contributed by atoms with E-state index >= 15 is 0 Å². The summed E-state index contributed by atoms with van der Waals surface area (Å²) in [5, 5.41) is 10.1. The molecule has 4 aromatic rings. The quantitative estimate of drug-likeness (QED) is 0.502. The maximum absolute atomic E-state index is 13.5. The van der Waals surface area contributed by atoms with Crippen molar-refractivity contribution < 1.29 is 8.91 Å². The molecule has 1 aliphatic heterocycles. The van der Waals surface area contributed by atoms with Gasteiger partial charge in [-0.1, -0.05) is 35.5 Å². The SMILES string of the molecule is Cc1nn(CN2CCCC(c3nc(-c4cccc(F)c4)no3)C2)c(=O)c2ccccc12. The lowest BCUT2D eigenvalue weighted by Gasteiger charge is -2.30. The van der Waals surface area contributed by atoms with Crippen LogP contribution in [0.3, 0.4) is 0 Å². The second-order valence-corrected chi connectivity index (χ2v) is 7.96. The van der Waals surface area contributed by atoms with Gasteiger partial charge in [0, 0.05) is 17.5 Å². The second kappa shape index (κ2) is 8.03. The van der Waals surface area contributed by atoms with Gasteiger partial charge in [0.05, 0.1) is 23.7 Å². The van der Waals surface area contributed by atoms with E-state index in [1.54, 1.807) is 12.1 Å². The van der Waals surface area contributed by atoms with Crippen LogP contribution in [0.1, 0.15) is 30.3 Å². The first-order valence-corrected chi connectivity index (χ1v) is 10.4. The monoisotopic (exact) mass is 419 g/mol. The van der Waals surface area contributed by atoms with E-state index in [0.717, 1.165) is 30.5 Å². The lowest BCUT2D eigenvalue weighted by atomic mass is 9.98. The van der Waals surface area contributed by atoms with Crippen molar-refractivity contribution in [3.05, 3.63) is 76.3 Å². The highest BCUT2D eigenvalue weighted by Crippen LogP contribution is 2.28. The number of likely N-dealkylation sites (tertiary alicyclic amines) is 1. The first kappa shape index (κ1) is 19.6. The van der Waals surface area contributed by atoms with E-state index in [0.29, 0.717) is 35.9 Å². The third-order valence-electron chi connectivity index (χ3n) is 5.77. The lowest BCUT2D eigenvalue weighted by Crippen LogP contribution is -2.39. The highest BCUT2D eigenvalue weighted by atomic mass is 19.1. The Hall–Kier alpha value is -3.39. The number of piperidine rings is 1. The molecule has 0 saturated carbocycles. The van der Waals surface area contributed by atoms with Crippen molar-refractivity contribution in [3.63, 3.8) is 0 Å². The minimum absolute atomic E-state index is 0.0563. The molecule has 0 radical (unpaired) electrons. The van der Waals surface area contributed by atoms with Gasteiger partial charge in [0.2, 0.25) is 11.7 Å². The minimum Gasteiger partial charge on any atom is -0.339 e. The molecule has 8 heteroatoms. The van der Waals surface area contributed by atoms with Crippen molar-refractivity contribution in [2.75, 3.05) is 13.1 Å². The van der Waals surface area contributed by atoms with Crippen LogP contribution in [0.15, 0.2) is 57.8 Å². The van der Waals surface area contributed by atoms with Crippen LogP contribution in [0.5, 0.6) is 0 Å². The van der Waals surface area contributed by atoms with Gasteiger partial charge in [-0.15, -0.1) is 0 Å². The third kappa shape index (κ3) is 3.86. The second-order valence-electron chi connectivity index (χ2n) is 7.96. The topological polar surface area (TPSA) is 77.1 Å². The van der Waals surface area contributed by atoms with Gasteiger partial charge in [-0.2, -0.15) is 10.1 Å². The van der Waals surface area contributed by atoms with E-state index < -0.39 is 0 Å². The van der Waals surface area contributed by atoms with E-state index in [9.17, 15) is 9.18 Å². The number of aryl methyl sites for hydroxylation is 1. The van der Waals surface area contributed by atoms with Crippen molar-refractivity contribution in [2.24, 2.45) is 0 Å². The van der Waals surface area contributed by atoms with Gasteiger partial charge in [0.1, 0.15) is 5.82 Å². The standard InChI is InChI=1S/C23H22FN5O2/c1-15-19-9-2-3-10-20(19)23(30)29(26-15)14-28-11-5-7-17(13-28)22-25-21(27-31-22)16-6-4-8-18(24)12-16/h2-4,6,8-10,12,17H,5,7,11,13-14H2,1H3. The molecular formula is C23H22FN5O2. The maximum Gasteiger partial charge on any atom is 0.275 e. The zero-order valence-corrected chi connectivity index (χ0v) is 17.2. The normalized spacial score (nSPS) is 17.3. The number of hydrogen-bond acceptors (Lipinski definition) is 6. The summed E-state index contributed by atoms with van der Waals surface area (Å²) in [4.78, 5) is 19.6. The molecule has 7 nitrogen and oxygen atoms in total. The molecule has 2 aromatic carbocycles. The Morgan fingerprint density at radius 3 is 2.84 bits per heavy atom. The molecule has 1 unspecified atom stereocenters. The number of rotatable bonds is 4. The molecule has 0 N–H and O–H groups in total. The van der Waals surface area contributed by atoms with Crippen molar-refractivity contribution in [1.29, 1.82) is 0 Å². The molecule has 1 saturated heterocycles. The largest absolute Gasteiger partial charge is 0.339 e. The first-order chi connectivity index (χ1) is 15.1. The average molecular weight is 419 g/mol. The van der Waals surface area contributed by atoms with Crippen LogP contribution in [-0.2, 0) is 6.67 Å². The number of halogens is 1. The summed E-state index contributed by atoms with van der Waals surface area (Å²) in [6.07, 6.45) is 1.87. The van der Waals surface area contributed by atoms with Gasteiger partial charge in [0.15, 0.2) is 0 Å². The molecule has 2 aromatic heterocycles. The van der Waals surface area contributed by atoms with Crippen molar-refractivity contribution in [3.8, 4) is 11.4 Å². The molecule has 1 aliphatic rings. The molecule has 1 atom stereocenters. The molecule has 158 valence electrons. The molecule has 1 fully saturated rings. The summed E-state index contributed by atoms with van der Waals surface area (Å²) >= 11 is 0. The molecule has 3 heterocycles. The van der Waals surface area contributed by atoms with E-state index in [1.165, 1.54) is 16.8 Å². The molecule has 0 amide bonds. The Balaban J connectivity index is 1.35. The third-order valence-corrected chi connectivity index (χ3v) is 5.77. The first-order valence-electron chi connectivity index (χ1n) is 10.4. The fraction of sp³-hybridized carbons (Fsp3) is 0.304. The number of fused-ring (bicyclic) bond motifs is 1. The fourth-order valence-corrected chi connectivity index (χ4v) is 4.22. The highest BCUT2D eigenvalue weighted by Gasteiger charge is 2.27. The highest BCUT2D eigenvalue weighted by molar-refractivity contribution is 5.83. The Labute approximate surface area is 178 Å². The Morgan fingerprint density at radius 1 is 1.16 bits per heavy atom. The van der Waals surface area contributed by atoms with Crippen LogP contribution in [0, 0.1) is 12.7 Å². The summed E-state index contributed by atoms with van der Waals surface area (Å²) < 4.78 is 20.5. The van der Waals surface area contributed by atoms with Crippen molar-refractivity contribution in [1.82, 2.24) is 24.8 Å². The summed E-state index contributed by atoms with van der Waals surface area (Å²) in [6.45, 7) is 3.88. The number of benzene rings is 2. The fourth-order valence-electron chi connectivity index (χ4n) is 4.22. The molecule has 31 heavy (non-hydrogen) atoms. The van der Waals surface area contributed by atoms with E-state index in [4.69, 9.17) is 4.52 Å². The summed E-state index contributed by atoms with van der Waals surface area (Å²) in [5.74, 6) is 0.644. The van der Waals surface area contributed by atoms with E-state index in [-0.39, 0.29) is 17.3 Å². The Bertz CT molecular complexity index is 1300. The van der Waals surface area contributed by atoms with Gasteiger partial charge in [0.25, 0.3) is 5.56 Å². The minimum atomic E-state index is -0.337. The number of aromatic nitrogens is 4. The summed E-state index contributed by atoms with van der Waals surface area (Å²) in [5.41, 5.74) is 1.33. The summed E-state index contributed by atoms with van der Waals surface area (Å²) in [6, 6.07) is 13.7. The molecule has 0 bridgehead atoms. The molecule has 0 aliphatic carbocycles. The zero-order chi connectivity index (χ0) is 21.4. The molecule has 5 rings (SSSR count).